The Balaban J connectivity index is 1.66. The first-order valence-electron chi connectivity index (χ1n) is 10.6. The smallest absolute Gasteiger partial charge is 0.251 e. The van der Waals surface area contributed by atoms with Crippen molar-refractivity contribution >= 4 is 15.9 Å². The molecule has 0 bridgehead atoms. The third-order valence-electron chi connectivity index (χ3n) is 5.27. The molecule has 0 aromatic heterocycles. The Morgan fingerprint density at radius 2 is 1.97 bits per heavy atom. The second kappa shape index (κ2) is 10.4. The zero-order valence-corrected chi connectivity index (χ0v) is 19.2. The summed E-state index contributed by atoms with van der Waals surface area (Å²) in [5.74, 6) is -0.293. The topological polar surface area (TPSA) is 87.7 Å². The molecule has 3 rings (SSSR count). The number of nitrogens with zero attached hydrogens (tertiary/aromatic N) is 1. The molecule has 0 radical (unpaired) electrons. The summed E-state index contributed by atoms with van der Waals surface area (Å²) in [7, 11) is -3.62. The number of sulfonamides is 1. The van der Waals surface area contributed by atoms with Crippen molar-refractivity contribution < 1.29 is 17.9 Å². The summed E-state index contributed by atoms with van der Waals surface area (Å²) < 4.78 is 32.6. The standard InChI is InChI=1S/C23H31N3O4S/c1-4-25-31(28,29)21-9-8-17(2)22(13-21)23(27)24-14-19-6-5-7-20(12-19)16-26-10-11-30-18(3)15-26/h5-9,12-13,18,25H,4,10-11,14-16H2,1-3H3,(H,24,27). The first-order valence-corrected chi connectivity index (χ1v) is 12.1. The van der Waals surface area contributed by atoms with Crippen molar-refractivity contribution in [1.82, 2.24) is 14.9 Å². The van der Waals surface area contributed by atoms with E-state index < -0.39 is 10.0 Å². The van der Waals surface area contributed by atoms with Crippen LogP contribution in [-0.2, 0) is 27.8 Å². The fourth-order valence-corrected chi connectivity index (χ4v) is 4.76. The Morgan fingerprint density at radius 3 is 2.71 bits per heavy atom. The number of ether oxygens (including phenoxy) is 1. The number of carbonyl (C=O) groups is 1. The molecule has 1 aliphatic rings. The van der Waals surface area contributed by atoms with Crippen molar-refractivity contribution in [3.8, 4) is 0 Å². The van der Waals surface area contributed by atoms with Crippen LogP contribution in [-0.4, -0.2) is 51.6 Å². The number of benzene rings is 2. The highest BCUT2D eigenvalue weighted by Gasteiger charge is 2.18. The second-order valence-electron chi connectivity index (χ2n) is 7.90. The van der Waals surface area contributed by atoms with E-state index in [1.165, 1.54) is 17.7 Å². The van der Waals surface area contributed by atoms with Gasteiger partial charge in [0, 0.05) is 38.3 Å². The van der Waals surface area contributed by atoms with Gasteiger partial charge < -0.3 is 10.1 Å². The van der Waals surface area contributed by atoms with Gasteiger partial charge in [-0.05, 0) is 42.7 Å². The zero-order valence-electron chi connectivity index (χ0n) is 18.3. The van der Waals surface area contributed by atoms with E-state index >= 15 is 0 Å². The summed E-state index contributed by atoms with van der Waals surface area (Å²) in [6.07, 6.45) is 0.242. The van der Waals surface area contributed by atoms with Gasteiger partial charge in [0.05, 0.1) is 17.6 Å². The molecule has 0 aliphatic carbocycles. The molecule has 0 saturated carbocycles. The van der Waals surface area contributed by atoms with Crippen molar-refractivity contribution in [3.05, 3.63) is 64.7 Å². The van der Waals surface area contributed by atoms with Crippen molar-refractivity contribution in [1.29, 1.82) is 0 Å². The number of hydrogen-bond acceptors (Lipinski definition) is 5. The number of hydrogen-bond donors (Lipinski definition) is 2. The number of aryl methyl sites for hydroxylation is 1. The third-order valence-corrected chi connectivity index (χ3v) is 6.82. The molecule has 31 heavy (non-hydrogen) atoms. The van der Waals surface area contributed by atoms with Gasteiger partial charge >= 0.3 is 0 Å². The summed E-state index contributed by atoms with van der Waals surface area (Å²) in [6.45, 7) is 9.67. The average molecular weight is 446 g/mol. The van der Waals surface area contributed by atoms with E-state index in [1.54, 1.807) is 19.9 Å². The number of morpholine rings is 1. The Morgan fingerprint density at radius 1 is 1.19 bits per heavy atom. The first-order chi connectivity index (χ1) is 14.8. The SMILES string of the molecule is CCNS(=O)(=O)c1ccc(C)c(C(=O)NCc2cccc(CN3CCOC(C)C3)c2)c1. The molecule has 1 unspecified atom stereocenters. The molecular formula is C23H31N3O4S. The minimum absolute atomic E-state index is 0.0897. The van der Waals surface area contributed by atoms with E-state index in [1.807, 2.05) is 12.1 Å². The highest BCUT2D eigenvalue weighted by Crippen LogP contribution is 2.16. The molecule has 0 spiro atoms. The molecule has 8 heteroatoms. The molecule has 1 fully saturated rings. The summed E-state index contributed by atoms with van der Waals surface area (Å²) in [4.78, 5) is 15.2. The van der Waals surface area contributed by atoms with E-state index in [0.29, 0.717) is 12.1 Å². The first kappa shape index (κ1) is 23.4. The molecule has 1 saturated heterocycles. The minimum Gasteiger partial charge on any atom is -0.376 e. The van der Waals surface area contributed by atoms with Crippen LogP contribution in [0.3, 0.4) is 0 Å². The lowest BCUT2D eigenvalue weighted by Gasteiger charge is -2.31. The van der Waals surface area contributed by atoms with Crippen LogP contribution < -0.4 is 10.0 Å². The van der Waals surface area contributed by atoms with E-state index in [9.17, 15) is 13.2 Å². The quantitative estimate of drug-likeness (QED) is 0.652. The fraction of sp³-hybridized carbons (Fsp3) is 0.435. The number of nitrogens with one attached hydrogen (secondary N) is 2. The zero-order chi connectivity index (χ0) is 22.4. The van der Waals surface area contributed by atoms with Crippen LogP contribution in [0.1, 0.15) is 40.9 Å². The molecule has 2 aromatic carbocycles. The van der Waals surface area contributed by atoms with Crippen LogP contribution in [0.5, 0.6) is 0 Å². The van der Waals surface area contributed by atoms with Gasteiger partial charge in [-0.3, -0.25) is 9.69 Å². The van der Waals surface area contributed by atoms with Gasteiger partial charge in [0.2, 0.25) is 10.0 Å². The lowest BCUT2D eigenvalue weighted by molar-refractivity contribution is -0.0212. The van der Waals surface area contributed by atoms with E-state index in [4.69, 9.17) is 4.74 Å². The van der Waals surface area contributed by atoms with Crippen LogP contribution in [0.2, 0.25) is 0 Å². The van der Waals surface area contributed by atoms with Gasteiger partial charge in [0.25, 0.3) is 5.91 Å². The molecule has 1 heterocycles. The Bertz CT molecular complexity index is 1020. The lowest BCUT2D eigenvalue weighted by atomic mass is 10.1. The maximum absolute atomic E-state index is 12.8. The Kier molecular flexibility index (Phi) is 7.83. The predicted molar refractivity (Wildman–Crippen MR) is 120 cm³/mol. The second-order valence-corrected chi connectivity index (χ2v) is 9.66. The van der Waals surface area contributed by atoms with Gasteiger partial charge in [0.15, 0.2) is 0 Å². The lowest BCUT2D eigenvalue weighted by Crippen LogP contribution is -2.40. The highest BCUT2D eigenvalue weighted by molar-refractivity contribution is 7.89. The minimum atomic E-state index is -3.62. The molecule has 168 valence electrons. The maximum Gasteiger partial charge on any atom is 0.251 e. The van der Waals surface area contributed by atoms with Crippen molar-refractivity contribution in [2.24, 2.45) is 0 Å². The van der Waals surface area contributed by atoms with Crippen LogP contribution in [0, 0.1) is 6.92 Å². The molecule has 1 aliphatic heterocycles. The normalized spacial score (nSPS) is 17.5. The Hall–Kier alpha value is -2.26. The summed E-state index contributed by atoms with van der Waals surface area (Å²) in [5.41, 5.74) is 3.28. The molecule has 2 N–H and O–H groups in total. The Labute approximate surface area is 184 Å². The maximum atomic E-state index is 12.8. The summed E-state index contributed by atoms with van der Waals surface area (Å²) >= 11 is 0. The molecule has 2 aromatic rings. The van der Waals surface area contributed by atoms with Crippen molar-refractivity contribution in [2.75, 3.05) is 26.2 Å². The molecular weight excluding hydrogens is 414 g/mol. The largest absolute Gasteiger partial charge is 0.376 e. The van der Waals surface area contributed by atoms with Crippen LogP contribution in [0.25, 0.3) is 0 Å². The number of carbonyl (C=O) groups excluding carboxylic acids is 1. The summed E-state index contributed by atoms with van der Waals surface area (Å²) in [6, 6.07) is 12.8. The monoisotopic (exact) mass is 445 g/mol. The third kappa shape index (κ3) is 6.36. The van der Waals surface area contributed by atoms with Gasteiger partial charge in [-0.2, -0.15) is 0 Å². The molecule has 7 nitrogen and oxygen atoms in total. The molecule has 1 atom stereocenters. The summed E-state index contributed by atoms with van der Waals surface area (Å²) in [5, 5.41) is 2.92. The predicted octanol–water partition coefficient (Wildman–Crippen LogP) is 2.44. The number of rotatable bonds is 8. The van der Waals surface area contributed by atoms with Crippen LogP contribution in [0.15, 0.2) is 47.4 Å². The van der Waals surface area contributed by atoms with E-state index in [0.717, 1.165) is 37.4 Å². The average Bonchev–Trinajstić information content (AvgIpc) is 2.72. The van der Waals surface area contributed by atoms with Gasteiger partial charge in [-0.15, -0.1) is 0 Å². The highest BCUT2D eigenvalue weighted by atomic mass is 32.2. The van der Waals surface area contributed by atoms with Crippen molar-refractivity contribution in [3.63, 3.8) is 0 Å². The van der Waals surface area contributed by atoms with Crippen LogP contribution >= 0.6 is 0 Å². The van der Waals surface area contributed by atoms with Crippen LogP contribution in [0.4, 0.5) is 0 Å². The van der Waals surface area contributed by atoms with E-state index in [2.05, 4.69) is 34.0 Å². The molecule has 1 amide bonds. The van der Waals surface area contributed by atoms with Gasteiger partial charge in [-0.25, -0.2) is 13.1 Å². The van der Waals surface area contributed by atoms with E-state index in [-0.39, 0.29) is 23.5 Å². The van der Waals surface area contributed by atoms with Crippen molar-refractivity contribution in [2.45, 2.75) is 44.9 Å². The van der Waals surface area contributed by atoms with Gasteiger partial charge in [0.1, 0.15) is 0 Å². The number of amides is 1. The van der Waals surface area contributed by atoms with Gasteiger partial charge in [-0.1, -0.05) is 37.3 Å². The fourth-order valence-electron chi connectivity index (χ4n) is 3.69.